The highest BCUT2D eigenvalue weighted by Crippen LogP contribution is 2.74. The number of benzene rings is 2. The van der Waals surface area contributed by atoms with Gasteiger partial charge in [-0.1, -0.05) is 64.8 Å². The molecule has 2 unspecified atom stereocenters. The predicted octanol–water partition coefficient (Wildman–Crippen LogP) is 9.27. The lowest BCUT2D eigenvalue weighted by atomic mass is 9.35. The van der Waals surface area contributed by atoms with Gasteiger partial charge in [0.15, 0.2) is 11.5 Å². The van der Waals surface area contributed by atoms with Gasteiger partial charge in [0.25, 0.3) is 6.47 Å². The Labute approximate surface area is 256 Å². The van der Waals surface area contributed by atoms with Gasteiger partial charge in [-0.2, -0.15) is 0 Å². The lowest BCUT2D eigenvalue weighted by Crippen LogP contribution is -2.61. The quantitative estimate of drug-likeness (QED) is 0.130. The van der Waals surface area contributed by atoms with Crippen LogP contribution in [0, 0.1) is 41.9 Å². The predicted molar refractivity (Wildman–Crippen MR) is 173 cm³/mol. The van der Waals surface area contributed by atoms with Gasteiger partial charge in [0.2, 0.25) is 0 Å². The van der Waals surface area contributed by atoms with Gasteiger partial charge >= 0.3 is 0 Å². The fraction of sp³-hybridized carbons (Fsp3) is 0.553. The van der Waals surface area contributed by atoms with Crippen LogP contribution >= 0.6 is 0 Å². The minimum Gasteiger partial charge on any atom is -0.504 e. The van der Waals surface area contributed by atoms with Crippen molar-refractivity contribution in [3.63, 3.8) is 0 Å². The van der Waals surface area contributed by atoms with E-state index in [1.54, 1.807) is 5.57 Å². The third-order valence-electron chi connectivity index (χ3n) is 13.3. The summed E-state index contributed by atoms with van der Waals surface area (Å²) in [5.74, 6) is 1.61. The second-order valence-corrected chi connectivity index (χ2v) is 15.5. The van der Waals surface area contributed by atoms with Crippen molar-refractivity contribution in [2.45, 2.75) is 105 Å². The number of fused-ring (bicyclic) bond motifs is 8. The molecule has 230 valence electrons. The minimum absolute atomic E-state index is 0.0165. The Balaban J connectivity index is 0.00000105. The highest BCUT2D eigenvalue weighted by molar-refractivity contribution is 5.86. The molecule has 7 rings (SSSR count). The molecule has 7 atom stereocenters. The number of allylic oxidation sites excluding steroid dienone is 2. The molecule has 43 heavy (non-hydrogen) atoms. The zero-order chi connectivity index (χ0) is 31.1. The number of carbonyl (C=O) groups is 1. The van der Waals surface area contributed by atoms with Crippen LogP contribution in [0.1, 0.15) is 113 Å². The Morgan fingerprint density at radius 1 is 0.977 bits per heavy atom. The van der Waals surface area contributed by atoms with Crippen molar-refractivity contribution in [2.24, 2.45) is 28.1 Å². The molecule has 0 spiro atoms. The van der Waals surface area contributed by atoms with Gasteiger partial charge in [-0.25, -0.2) is 0 Å². The summed E-state index contributed by atoms with van der Waals surface area (Å²) in [4.78, 5) is 11.9. The Morgan fingerprint density at radius 3 is 2.42 bits per heavy atom. The fourth-order valence-electron chi connectivity index (χ4n) is 10.6. The van der Waals surface area contributed by atoms with E-state index in [1.807, 2.05) is 13.0 Å². The van der Waals surface area contributed by atoms with E-state index < -0.39 is 0 Å². The normalized spacial score (nSPS) is 36.3. The molecule has 0 aliphatic heterocycles. The summed E-state index contributed by atoms with van der Waals surface area (Å²) in [6.07, 6.45) is 13.7. The van der Waals surface area contributed by atoms with Crippen molar-refractivity contribution in [3.8, 4) is 11.5 Å². The van der Waals surface area contributed by atoms with E-state index in [9.17, 15) is 10.2 Å². The van der Waals surface area contributed by atoms with Crippen LogP contribution in [0.25, 0.3) is 10.9 Å². The summed E-state index contributed by atoms with van der Waals surface area (Å²) in [6.45, 7) is 16.6. The van der Waals surface area contributed by atoms with Gasteiger partial charge in [-0.15, -0.1) is 0 Å². The van der Waals surface area contributed by atoms with E-state index in [0.717, 1.165) is 29.3 Å². The van der Waals surface area contributed by atoms with Crippen LogP contribution in [0.5, 0.6) is 11.5 Å². The number of phenols is 2. The highest BCUT2D eigenvalue weighted by atomic mass is 16.3. The Morgan fingerprint density at radius 2 is 1.70 bits per heavy atom. The monoisotopic (exact) mass is 583 g/mol. The van der Waals surface area contributed by atoms with Crippen molar-refractivity contribution in [2.75, 3.05) is 0 Å². The standard InChI is InChI=1S/C37H47NO2.CH2O2/c1-21-8-9-24-26(20-38-28(24)16-21)25-18-31-35(5,27-19-29(39)33(40)23(3)32(25)27)13-15-36(6)30-17-22(2)10-11-34(30,4)12-14-37(31,36)7;2-1-3/h8-9,16,18-20,22,25,30,38-40H,10-15,17H2,1-7H3;1H,(H,2,3)/t22-,25?,30+,34+,35-,36-,37?;/m0./s1. The van der Waals surface area contributed by atoms with Gasteiger partial charge in [-0.3, -0.25) is 4.79 Å². The summed E-state index contributed by atoms with van der Waals surface area (Å²) in [6, 6.07) is 8.60. The molecule has 4 N–H and O–H groups in total. The molecule has 0 amide bonds. The highest BCUT2D eigenvalue weighted by Gasteiger charge is 2.65. The molecule has 1 aromatic heterocycles. The molecule has 5 heteroatoms. The second-order valence-electron chi connectivity index (χ2n) is 15.5. The molecule has 0 radical (unpaired) electrons. The first-order chi connectivity index (χ1) is 20.2. The topological polar surface area (TPSA) is 93.5 Å². The van der Waals surface area contributed by atoms with E-state index in [1.165, 1.54) is 66.2 Å². The summed E-state index contributed by atoms with van der Waals surface area (Å²) >= 11 is 0. The molecule has 4 aliphatic rings. The van der Waals surface area contributed by atoms with Gasteiger partial charge in [0.1, 0.15) is 0 Å². The number of aromatic amines is 1. The largest absolute Gasteiger partial charge is 0.504 e. The van der Waals surface area contributed by atoms with Gasteiger partial charge < -0.3 is 20.3 Å². The molecule has 3 fully saturated rings. The van der Waals surface area contributed by atoms with E-state index in [-0.39, 0.29) is 40.1 Å². The number of carboxylic acid groups (broad SMARTS) is 1. The van der Waals surface area contributed by atoms with Gasteiger partial charge in [-0.05, 0) is 120 Å². The molecule has 5 nitrogen and oxygen atoms in total. The number of hydrogen-bond acceptors (Lipinski definition) is 3. The lowest BCUT2D eigenvalue weighted by Gasteiger charge is -2.69. The van der Waals surface area contributed by atoms with Crippen molar-refractivity contribution < 1.29 is 20.1 Å². The average Bonchev–Trinajstić information content (AvgIpc) is 3.37. The molecule has 0 saturated heterocycles. The molecular formula is C38H49NO4. The zero-order valence-corrected chi connectivity index (χ0v) is 27.0. The van der Waals surface area contributed by atoms with Crippen molar-refractivity contribution in [3.05, 3.63) is 69.9 Å². The number of phenolic OH excluding ortho intramolecular Hbond substituents is 2. The summed E-state index contributed by atoms with van der Waals surface area (Å²) in [5.41, 5.74) is 9.08. The molecular weight excluding hydrogens is 534 g/mol. The average molecular weight is 584 g/mol. The number of aromatic nitrogens is 1. The SMILES string of the molecule is Cc1ccc2c(C3C=C4C5(C)CC[C@@]6(C)CC[C@H](C)C[C@H]6[C@]5(C)CC[C@@]4(C)c4cc(O)c(O)c(C)c43)c[nH]c2c1.O=CO. The van der Waals surface area contributed by atoms with Gasteiger partial charge in [0, 0.05) is 28.4 Å². The van der Waals surface area contributed by atoms with E-state index >= 15 is 0 Å². The Hall–Kier alpha value is -3.21. The van der Waals surface area contributed by atoms with Crippen LogP contribution in [0.4, 0.5) is 0 Å². The molecule has 3 aromatic rings. The minimum atomic E-state index is -0.250. The van der Waals surface area contributed by atoms with Crippen LogP contribution in [0.2, 0.25) is 0 Å². The number of nitrogens with one attached hydrogen (secondary N) is 1. The van der Waals surface area contributed by atoms with Crippen LogP contribution in [0.3, 0.4) is 0 Å². The first-order valence-corrected chi connectivity index (χ1v) is 16.2. The van der Waals surface area contributed by atoms with E-state index in [2.05, 4.69) is 77.0 Å². The van der Waals surface area contributed by atoms with Crippen molar-refractivity contribution in [1.82, 2.24) is 4.98 Å². The maximum Gasteiger partial charge on any atom is 0.290 e. The molecule has 2 aromatic carbocycles. The zero-order valence-electron chi connectivity index (χ0n) is 27.0. The number of H-pyrrole nitrogens is 1. The summed E-state index contributed by atoms with van der Waals surface area (Å²) < 4.78 is 0. The lowest BCUT2D eigenvalue weighted by molar-refractivity contribution is -0.145. The van der Waals surface area contributed by atoms with E-state index in [0.29, 0.717) is 5.41 Å². The third kappa shape index (κ3) is 4.05. The number of hydrogen-bond donors (Lipinski definition) is 4. The van der Waals surface area contributed by atoms with Crippen molar-refractivity contribution in [1.29, 1.82) is 0 Å². The van der Waals surface area contributed by atoms with Crippen molar-refractivity contribution >= 4 is 17.4 Å². The summed E-state index contributed by atoms with van der Waals surface area (Å²) in [7, 11) is 0. The maximum atomic E-state index is 11.0. The van der Waals surface area contributed by atoms with Gasteiger partial charge in [0.05, 0.1) is 0 Å². The van der Waals surface area contributed by atoms with Crippen LogP contribution in [-0.2, 0) is 10.2 Å². The first kappa shape index (κ1) is 29.8. The second kappa shape index (κ2) is 9.90. The number of aryl methyl sites for hydroxylation is 1. The molecule has 1 heterocycles. The van der Waals surface area contributed by atoms with Crippen LogP contribution in [-0.4, -0.2) is 26.8 Å². The molecule has 4 aliphatic carbocycles. The molecule has 0 bridgehead atoms. The Bertz CT molecular complexity index is 1630. The van der Waals surface area contributed by atoms with E-state index in [4.69, 9.17) is 9.90 Å². The smallest absolute Gasteiger partial charge is 0.290 e. The fourth-order valence-corrected chi connectivity index (χ4v) is 10.6. The maximum absolute atomic E-state index is 11.0. The molecule has 3 saturated carbocycles. The first-order valence-electron chi connectivity index (χ1n) is 16.2. The van der Waals surface area contributed by atoms with Crippen LogP contribution in [0.15, 0.2) is 42.1 Å². The Kier molecular flexibility index (Phi) is 6.87. The number of rotatable bonds is 1. The number of aromatic hydroxyl groups is 2. The van der Waals surface area contributed by atoms with Crippen LogP contribution < -0.4 is 0 Å². The third-order valence-corrected chi connectivity index (χ3v) is 13.3. The summed E-state index contributed by atoms with van der Waals surface area (Å²) in [5, 5.41) is 30.1.